The van der Waals surface area contributed by atoms with E-state index in [1.807, 2.05) is 49.4 Å². The predicted molar refractivity (Wildman–Crippen MR) is 126 cm³/mol. The van der Waals surface area contributed by atoms with Crippen molar-refractivity contribution in [2.24, 2.45) is 0 Å². The molecule has 0 aliphatic carbocycles. The van der Waals surface area contributed by atoms with Crippen LogP contribution in [0.3, 0.4) is 0 Å². The van der Waals surface area contributed by atoms with Gasteiger partial charge in [-0.05, 0) is 48.9 Å². The lowest BCUT2D eigenvalue weighted by Crippen LogP contribution is -2.39. The van der Waals surface area contributed by atoms with Crippen LogP contribution in [0.15, 0.2) is 77.2 Å². The van der Waals surface area contributed by atoms with Gasteiger partial charge in [0.25, 0.3) is 5.91 Å². The lowest BCUT2D eigenvalue weighted by atomic mass is 10.00. The van der Waals surface area contributed by atoms with Crippen molar-refractivity contribution in [1.29, 1.82) is 0 Å². The molecule has 1 fully saturated rings. The Hall–Kier alpha value is -3.48. The van der Waals surface area contributed by atoms with Gasteiger partial charge in [0.2, 0.25) is 0 Å². The smallest absolute Gasteiger partial charge is 0.255 e. The molecule has 2 heterocycles. The Morgan fingerprint density at radius 3 is 2.52 bits per heavy atom. The largest absolute Gasteiger partial charge is 0.457 e. The highest BCUT2D eigenvalue weighted by atomic mass is 19.1. The lowest BCUT2D eigenvalue weighted by molar-refractivity contribution is 0.0205. The first-order valence-corrected chi connectivity index (χ1v) is 11.1. The number of benzene rings is 3. The van der Waals surface area contributed by atoms with E-state index in [9.17, 15) is 9.18 Å². The van der Waals surface area contributed by atoms with E-state index in [4.69, 9.17) is 9.15 Å². The average Bonchev–Trinajstić information content (AvgIpc) is 3.18. The number of ether oxygens (including phenoxy) is 1. The Balaban J connectivity index is 1.63. The summed E-state index contributed by atoms with van der Waals surface area (Å²) in [5, 5.41) is 3.90. The van der Waals surface area contributed by atoms with Gasteiger partial charge < -0.3 is 14.5 Å². The number of aryl methyl sites for hydroxylation is 1. The van der Waals surface area contributed by atoms with Crippen LogP contribution in [0.1, 0.15) is 33.3 Å². The minimum atomic E-state index is -0.370. The number of nitrogens with zero attached hydrogens (tertiary/aromatic N) is 1. The van der Waals surface area contributed by atoms with E-state index >= 15 is 0 Å². The van der Waals surface area contributed by atoms with Crippen molar-refractivity contribution >= 4 is 22.6 Å². The van der Waals surface area contributed by atoms with Crippen LogP contribution in [-0.2, 0) is 4.74 Å². The Bertz CT molecular complexity index is 1280. The fourth-order valence-corrected chi connectivity index (χ4v) is 4.32. The molecular weight excluding hydrogens is 419 g/mol. The Morgan fingerprint density at radius 2 is 1.76 bits per heavy atom. The molecule has 1 aliphatic rings. The molecular formula is C27H25FN2O3. The van der Waals surface area contributed by atoms with Gasteiger partial charge >= 0.3 is 0 Å². The SMILES string of the molecule is Cc1ccc(C(=O)Nc2c([C@H](c3cccc(F)c3)N3CCOCC3)oc3ccccc23)cc1. The third-order valence-corrected chi connectivity index (χ3v) is 6.00. The van der Waals surface area contributed by atoms with Crippen molar-refractivity contribution in [3.8, 4) is 0 Å². The van der Waals surface area contributed by atoms with Crippen LogP contribution in [0.5, 0.6) is 0 Å². The fourth-order valence-electron chi connectivity index (χ4n) is 4.32. The average molecular weight is 445 g/mol. The van der Waals surface area contributed by atoms with Gasteiger partial charge in [0.15, 0.2) is 0 Å². The van der Waals surface area contributed by atoms with E-state index in [2.05, 4.69) is 10.2 Å². The summed E-state index contributed by atoms with van der Waals surface area (Å²) in [6.07, 6.45) is 0. The zero-order valence-corrected chi connectivity index (χ0v) is 18.4. The molecule has 0 saturated carbocycles. The Kier molecular flexibility index (Phi) is 5.94. The molecule has 33 heavy (non-hydrogen) atoms. The summed E-state index contributed by atoms with van der Waals surface area (Å²) in [4.78, 5) is 15.4. The van der Waals surface area contributed by atoms with Gasteiger partial charge in [0.05, 0.1) is 24.9 Å². The predicted octanol–water partition coefficient (Wildman–Crippen LogP) is 5.55. The number of carbonyl (C=O) groups excluding carboxylic acids is 1. The molecule has 1 aliphatic heterocycles. The Labute approximate surface area is 191 Å². The molecule has 4 aromatic rings. The first-order valence-electron chi connectivity index (χ1n) is 11.1. The maximum absolute atomic E-state index is 14.2. The van der Waals surface area contributed by atoms with Crippen LogP contribution < -0.4 is 5.32 Å². The van der Waals surface area contributed by atoms with E-state index < -0.39 is 0 Å². The van der Waals surface area contributed by atoms with Crippen LogP contribution in [-0.4, -0.2) is 37.1 Å². The third kappa shape index (κ3) is 4.40. The van der Waals surface area contributed by atoms with E-state index in [1.54, 1.807) is 18.2 Å². The van der Waals surface area contributed by atoms with Gasteiger partial charge in [-0.3, -0.25) is 9.69 Å². The number of para-hydroxylation sites is 1. The van der Waals surface area contributed by atoms with Gasteiger partial charge in [0, 0.05) is 24.0 Å². The molecule has 0 bridgehead atoms. The summed E-state index contributed by atoms with van der Waals surface area (Å²) < 4.78 is 26.1. The highest BCUT2D eigenvalue weighted by Gasteiger charge is 2.31. The summed E-state index contributed by atoms with van der Waals surface area (Å²) in [7, 11) is 0. The van der Waals surface area contributed by atoms with E-state index in [0.717, 1.165) is 16.5 Å². The molecule has 0 unspecified atom stereocenters. The second-order valence-electron chi connectivity index (χ2n) is 8.26. The third-order valence-electron chi connectivity index (χ3n) is 6.00. The zero-order valence-electron chi connectivity index (χ0n) is 18.4. The molecule has 1 saturated heterocycles. The van der Waals surface area contributed by atoms with E-state index in [-0.39, 0.29) is 17.8 Å². The molecule has 1 aromatic heterocycles. The molecule has 1 amide bonds. The van der Waals surface area contributed by atoms with E-state index in [0.29, 0.717) is 48.9 Å². The summed E-state index contributed by atoms with van der Waals surface area (Å²) in [5.74, 6) is 0.0547. The maximum atomic E-state index is 14.2. The molecule has 1 atom stereocenters. The summed E-state index contributed by atoms with van der Waals surface area (Å²) in [6, 6.07) is 21.2. The number of hydrogen-bond donors (Lipinski definition) is 1. The molecule has 3 aromatic carbocycles. The molecule has 0 spiro atoms. The molecule has 5 rings (SSSR count). The standard InChI is InChI=1S/C27H25FN2O3/c1-18-9-11-19(12-10-18)27(31)29-24-22-7-2-3-8-23(22)33-26(24)25(30-13-15-32-16-14-30)20-5-4-6-21(28)17-20/h2-12,17,25H,13-16H2,1H3,(H,29,31)/t25-/m0/s1. The van der Waals surface area contributed by atoms with Gasteiger partial charge in [-0.1, -0.05) is 42.0 Å². The summed E-state index contributed by atoms with van der Waals surface area (Å²) >= 11 is 0. The van der Waals surface area contributed by atoms with Crippen molar-refractivity contribution in [1.82, 2.24) is 4.90 Å². The minimum Gasteiger partial charge on any atom is -0.457 e. The molecule has 1 N–H and O–H groups in total. The van der Waals surface area contributed by atoms with Gasteiger partial charge in [0.1, 0.15) is 17.2 Å². The minimum absolute atomic E-state index is 0.220. The zero-order chi connectivity index (χ0) is 22.8. The van der Waals surface area contributed by atoms with Crippen molar-refractivity contribution in [2.75, 3.05) is 31.6 Å². The first kappa shape index (κ1) is 21.4. The fraction of sp³-hybridized carbons (Fsp3) is 0.222. The molecule has 0 radical (unpaired) electrons. The quantitative estimate of drug-likeness (QED) is 0.438. The second-order valence-corrected chi connectivity index (χ2v) is 8.26. The van der Waals surface area contributed by atoms with Crippen molar-refractivity contribution in [2.45, 2.75) is 13.0 Å². The Morgan fingerprint density at radius 1 is 1.00 bits per heavy atom. The molecule has 168 valence electrons. The van der Waals surface area contributed by atoms with E-state index in [1.165, 1.54) is 12.1 Å². The highest BCUT2D eigenvalue weighted by molar-refractivity contribution is 6.09. The number of fused-ring (bicyclic) bond motifs is 1. The monoisotopic (exact) mass is 444 g/mol. The van der Waals surface area contributed by atoms with Gasteiger partial charge in [-0.2, -0.15) is 0 Å². The summed E-state index contributed by atoms with van der Waals surface area (Å²) in [6.45, 7) is 4.48. The number of carbonyl (C=O) groups is 1. The van der Waals surface area contributed by atoms with Crippen LogP contribution in [0, 0.1) is 12.7 Å². The van der Waals surface area contributed by atoms with Gasteiger partial charge in [-0.25, -0.2) is 4.39 Å². The van der Waals surface area contributed by atoms with Crippen LogP contribution in [0.4, 0.5) is 10.1 Å². The number of amides is 1. The van der Waals surface area contributed by atoms with Crippen molar-refractivity contribution < 1.29 is 18.3 Å². The molecule has 6 heteroatoms. The van der Waals surface area contributed by atoms with Gasteiger partial charge in [-0.15, -0.1) is 0 Å². The topological polar surface area (TPSA) is 54.7 Å². The number of nitrogens with one attached hydrogen (secondary N) is 1. The number of hydrogen-bond acceptors (Lipinski definition) is 4. The van der Waals surface area contributed by atoms with Crippen LogP contribution >= 0.6 is 0 Å². The van der Waals surface area contributed by atoms with Crippen molar-refractivity contribution in [3.05, 3.63) is 101 Å². The number of morpholine rings is 1. The number of halogens is 1. The molecule has 5 nitrogen and oxygen atoms in total. The number of furan rings is 1. The normalized spacial score (nSPS) is 15.5. The number of rotatable bonds is 5. The second kappa shape index (κ2) is 9.17. The maximum Gasteiger partial charge on any atom is 0.255 e. The lowest BCUT2D eigenvalue weighted by Gasteiger charge is -2.34. The van der Waals surface area contributed by atoms with Crippen LogP contribution in [0.25, 0.3) is 11.0 Å². The first-order chi connectivity index (χ1) is 16.1. The summed E-state index contributed by atoms with van der Waals surface area (Å²) in [5.41, 5.74) is 3.69. The van der Waals surface area contributed by atoms with Crippen LogP contribution in [0.2, 0.25) is 0 Å². The van der Waals surface area contributed by atoms with Crippen molar-refractivity contribution in [3.63, 3.8) is 0 Å². The number of anilines is 1. The highest BCUT2D eigenvalue weighted by Crippen LogP contribution is 2.41.